The van der Waals surface area contributed by atoms with Crippen LogP contribution in [-0.2, 0) is 0 Å². The van der Waals surface area contributed by atoms with Crippen molar-refractivity contribution in [3.63, 3.8) is 0 Å². The Hall–Kier alpha value is -0.830. The maximum absolute atomic E-state index is 11.0. The van der Waals surface area contributed by atoms with Gasteiger partial charge in [-0.1, -0.05) is 22.4 Å². The molecule has 1 aliphatic rings. The number of hydrogen-bond donors (Lipinski definition) is 0. The Kier molecular flexibility index (Phi) is 3.87. The summed E-state index contributed by atoms with van der Waals surface area (Å²) in [6.45, 7) is 3.94. The van der Waals surface area contributed by atoms with Crippen molar-refractivity contribution in [2.45, 2.75) is 45.1 Å². The highest BCUT2D eigenvalue weighted by molar-refractivity contribution is 9.10. The molecule has 2 rings (SSSR count). The van der Waals surface area contributed by atoms with E-state index in [1.165, 1.54) is 24.8 Å². The first-order valence-electron chi connectivity index (χ1n) is 6.07. The molecule has 0 aliphatic heterocycles. The number of ether oxygens (including phenoxy) is 1. The zero-order valence-corrected chi connectivity index (χ0v) is 11.8. The van der Waals surface area contributed by atoms with Gasteiger partial charge in [-0.25, -0.2) is 0 Å². The summed E-state index contributed by atoms with van der Waals surface area (Å²) in [6.07, 6.45) is 4.71. The Morgan fingerprint density at radius 3 is 2.59 bits per heavy atom. The van der Waals surface area contributed by atoms with E-state index in [1.54, 1.807) is 0 Å². The van der Waals surface area contributed by atoms with E-state index in [2.05, 4.69) is 15.9 Å². The highest BCUT2D eigenvalue weighted by atomic mass is 79.9. The van der Waals surface area contributed by atoms with E-state index in [9.17, 15) is 4.79 Å². The molecule has 92 valence electrons. The van der Waals surface area contributed by atoms with Gasteiger partial charge >= 0.3 is 0 Å². The third kappa shape index (κ3) is 2.71. The lowest BCUT2D eigenvalue weighted by Crippen LogP contribution is -2.12. The standard InChI is InChI=1S/C14H17BrO2/c1-9(2)17-14-7-12(10-4-3-5-10)13(15)6-11(14)8-16/h6-10H,3-5H2,1-2H3. The summed E-state index contributed by atoms with van der Waals surface area (Å²) in [6, 6.07) is 3.90. The minimum atomic E-state index is 0.0871. The Bertz CT molecular complexity index is 422. The quantitative estimate of drug-likeness (QED) is 0.774. The molecular formula is C14H17BrO2. The van der Waals surface area contributed by atoms with Gasteiger partial charge in [-0.2, -0.15) is 0 Å². The zero-order valence-electron chi connectivity index (χ0n) is 10.2. The second-order valence-electron chi connectivity index (χ2n) is 4.82. The van der Waals surface area contributed by atoms with Gasteiger partial charge < -0.3 is 4.74 Å². The monoisotopic (exact) mass is 296 g/mol. The number of hydrogen-bond acceptors (Lipinski definition) is 2. The second-order valence-corrected chi connectivity index (χ2v) is 5.68. The van der Waals surface area contributed by atoms with Crippen LogP contribution >= 0.6 is 15.9 Å². The van der Waals surface area contributed by atoms with Gasteiger partial charge in [-0.05, 0) is 50.3 Å². The fourth-order valence-electron chi connectivity index (χ4n) is 2.06. The van der Waals surface area contributed by atoms with Crippen LogP contribution < -0.4 is 4.74 Å². The van der Waals surface area contributed by atoms with Crippen molar-refractivity contribution in [3.8, 4) is 5.75 Å². The Morgan fingerprint density at radius 1 is 1.41 bits per heavy atom. The summed E-state index contributed by atoms with van der Waals surface area (Å²) >= 11 is 3.55. The maximum Gasteiger partial charge on any atom is 0.153 e. The summed E-state index contributed by atoms with van der Waals surface area (Å²) in [5.74, 6) is 1.33. The molecule has 1 aliphatic carbocycles. The summed E-state index contributed by atoms with van der Waals surface area (Å²) in [5.41, 5.74) is 1.89. The molecule has 1 aromatic rings. The first kappa shape index (κ1) is 12.6. The largest absolute Gasteiger partial charge is 0.490 e. The Balaban J connectivity index is 2.37. The number of aldehydes is 1. The number of carbonyl (C=O) groups is 1. The van der Waals surface area contributed by atoms with Crippen LogP contribution in [-0.4, -0.2) is 12.4 Å². The predicted octanol–water partition coefficient (Wildman–Crippen LogP) is 4.32. The van der Waals surface area contributed by atoms with Crippen LogP contribution in [0.1, 0.15) is 54.9 Å². The molecule has 0 unspecified atom stereocenters. The van der Waals surface area contributed by atoms with Crippen molar-refractivity contribution in [3.05, 3.63) is 27.7 Å². The molecule has 0 atom stereocenters. The van der Waals surface area contributed by atoms with Crippen LogP contribution in [0.3, 0.4) is 0 Å². The van der Waals surface area contributed by atoms with Gasteiger partial charge in [-0.3, -0.25) is 4.79 Å². The molecule has 1 saturated carbocycles. The molecule has 0 amide bonds. The van der Waals surface area contributed by atoms with Crippen molar-refractivity contribution in [2.75, 3.05) is 0 Å². The van der Waals surface area contributed by atoms with Crippen molar-refractivity contribution in [1.29, 1.82) is 0 Å². The normalized spacial score (nSPS) is 15.8. The van der Waals surface area contributed by atoms with Gasteiger partial charge in [0.2, 0.25) is 0 Å². The van der Waals surface area contributed by atoms with E-state index in [0.29, 0.717) is 17.2 Å². The van der Waals surface area contributed by atoms with E-state index in [1.807, 2.05) is 26.0 Å². The molecule has 3 heteroatoms. The lowest BCUT2D eigenvalue weighted by Gasteiger charge is -2.27. The molecule has 17 heavy (non-hydrogen) atoms. The Labute approximate surface area is 110 Å². The summed E-state index contributed by atoms with van der Waals surface area (Å²) < 4.78 is 6.73. The minimum absolute atomic E-state index is 0.0871. The number of halogens is 1. The molecule has 0 heterocycles. The number of rotatable bonds is 4. The van der Waals surface area contributed by atoms with Crippen molar-refractivity contribution >= 4 is 22.2 Å². The lowest BCUT2D eigenvalue weighted by molar-refractivity contribution is 0.111. The SMILES string of the molecule is CC(C)Oc1cc(C2CCC2)c(Br)cc1C=O. The highest BCUT2D eigenvalue weighted by Gasteiger charge is 2.23. The van der Waals surface area contributed by atoms with Gasteiger partial charge in [0.05, 0.1) is 11.7 Å². The van der Waals surface area contributed by atoms with Crippen LogP contribution in [0.15, 0.2) is 16.6 Å². The molecule has 0 aromatic heterocycles. The number of carbonyl (C=O) groups excluding carboxylic acids is 1. The van der Waals surface area contributed by atoms with Gasteiger partial charge in [0.1, 0.15) is 5.75 Å². The van der Waals surface area contributed by atoms with Crippen LogP contribution in [0.4, 0.5) is 0 Å². The molecule has 0 saturated heterocycles. The number of benzene rings is 1. The van der Waals surface area contributed by atoms with E-state index in [0.717, 1.165) is 10.8 Å². The smallest absolute Gasteiger partial charge is 0.153 e. The third-order valence-corrected chi connectivity index (χ3v) is 3.85. The minimum Gasteiger partial charge on any atom is -0.490 e. The third-order valence-electron chi connectivity index (χ3n) is 3.16. The van der Waals surface area contributed by atoms with E-state index in [-0.39, 0.29) is 6.10 Å². The van der Waals surface area contributed by atoms with Crippen molar-refractivity contribution in [1.82, 2.24) is 0 Å². The molecule has 0 bridgehead atoms. The van der Waals surface area contributed by atoms with Crippen LogP contribution in [0.5, 0.6) is 5.75 Å². The molecule has 1 aromatic carbocycles. The second kappa shape index (κ2) is 5.21. The van der Waals surface area contributed by atoms with Crippen LogP contribution in [0, 0.1) is 0 Å². The summed E-state index contributed by atoms with van der Waals surface area (Å²) in [4.78, 5) is 11.0. The topological polar surface area (TPSA) is 26.3 Å². The van der Waals surface area contributed by atoms with Crippen LogP contribution in [0.2, 0.25) is 0 Å². The first-order valence-corrected chi connectivity index (χ1v) is 6.86. The molecule has 1 fully saturated rings. The fraction of sp³-hybridized carbons (Fsp3) is 0.500. The fourth-order valence-corrected chi connectivity index (χ4v) is 2.75. The first-order chi connectivity index (χ1) is 8.11. The lowest BCUT2D eigenvalue weighted by atomic mass is 9.80. The molecule has 0 radical (unpaired) electrons. The summed E-state index contributed by atoms with van der Waals surface area (Å²) in [5, 5.41) is 0. The average molecular weight is 297 g/mol. The van der Waals surface area contributed by atoms with Gasteiger partial charge in [-0.15, -0.1) is 0 Å². The van der Waals surface area contributed by atoms with Crippen molar-refractivity contribution < 1.29 is 9.53 Å². The van der Waals surface area contributed by atoms with E-state index >= 15 is 0 Å². The van der Waals surface area contributed by atoms with Crippen LogP contribution in [0.25, 0.3) is 0 Å². The Morgan fingerprint density at radius 2 is 2.12 bits per heavy atom. The zero-order chi connectivity index (χ0) is 12.4. The molecule has 0 spiro atoms. The van der Waals surface area contributed by atoms with Gasteiger partial charge in [0, 0.05) is 4.47 Å². The molecule has 0 N–H and O–H groups in total. The molecule has 2 nitrogen and oxygen atoms in total. The van der Waals surface area contributed by atoms with E-state index < -0.39 is 0 Å². The predicted molar refractivity (Wildman–Crippen MR) is 71.9 cm³/mol. The van der Waals surface area contributed by atoms with E-state index in [4.69, 9.17) is 4.74 Å². The highest BCUT2D eigenvalue weighted by Crippen LogP contribution is 2.42. The maximum atomic E-state index is 11.0. The average Bonchev–Trinajstić information content (AvgIpc) is 2.19. The van der Waals surface area contributed by atoms with Crippen molar-refractivity contribution in [2.24, 2.45) is 0 Å². The summed E-state index contributed by atoms with van der Waals surface area (Å²) in [7, 11) is 0. The molecular weight excluding hydrogens is 280 g/mol. The van der Waals surface area contributed by atoms with Gasteiger partial charge in [0.25, 0.3) is 0 Å². The van der Waals surface area contributed by atoms with Gasteiger partial charge in [0.15, 0.2) is 6.29 Å².